The molecule has 1 heterocycles. The van der Waals surface area contributed by atoms with Gasteiger partial charge in [-0.2, -0.15) is 0 Å². The third-order valence-corrected chi connectivity index (χ3v) is 1.69. The first-order valence-electron chi connectivity index (χ1n) is 3.70. The molecule has 1 rings (SSSR count). The molecule has 0 radical (unpaired) electrons. The number of rotatable bonds is 0. The Labute approximate surface area is 67.1 Å². The molecular weight excluding hydrogens is 138 g/mol. The smallest absolute Gasteiger partial charge is 0.0565 e. The van der Waals surface area contributed by atoms with Crippen molar-refractivity contribution in [2.75, 3.05) is 20.1 Å². The zero-order valence-electron chi connectivity index (χ0n) is 6.99. The molecule has 3 heteroatoms. The second kappa shape index (κ2) is 3.91. The van der Waals surface area contributed by atoms with Gasteiger partial charge in [-0.1, -0.05) is 0 Å². The maximum atomic E-state index is 4.13. The predicted molar refractivity (Wildman–Crippen MR) is 48.2 cm³/mol. The van der Waals surface area contributed by atoms with E-state index in [1.807, 2.05) is 20.2 Å². The average molecular weight is 151 g/mol. The minimum Gasteiger partial charge on any atom is -0.375 e. The summed E-state index contributed by atoms with van der Waals surface area (Å²) in [5, 5.41) is 0. The van der Waals surface area contributed by atoms with Crippen LogP contribution in [0.3, 0.4) is 0 Å². The van der Waals surface area contributed by atoms with E-state index in [1.165, 1.54) is 5.70 Å². The van der Waals surface area contributed by atoms with Crippen molar-refractivity contribution in [3.05, 3.63) is 11.9 Å². The maximum absolute atomic E-state index is 4.13. The predicted octanol–water partition coefficient (Wildman–Crippen LogP) is 0.935. The highest BCUT2D eigenvalue weighted by Crippen LogP contribution is 1.99. The van der Waals surface area contributed by atoms with E-state index in [9.17, 15) is 0 Å². The number of hydrogen-bond acceptors (Lipinski definition) is 3. The molecule has 0 spiro atoms. The second-order valence-electron chi connectivity index (χ2n) is 2.55. The van der Waals surface area contributed by atoms with Gasteiger partial charge in [0.1, 0.15) is 0 Å². The maximum Gasteiger partial charge on any atom is 0.0565 e. The van der Waals surface area contributed by atoms with Crippen LogP contribution in [0.15, 0.2) is 21.9 Å². The highest BCUT2D eigenvalue weighted by atomic mass is 15.1. The fraction of sp³-hybridized carbons (Fsp3) is 0.500. The molecule has 0 amide bonds. The van der Waals surface area contributed by atoms with E-state index >= 15 is 0 Å². The van der Waals surface area contributed by atoms with Crippen molar-refractivity contribution in [1.29, 1.82) is 0 Å². The molecule has 3 nitrogen and oxygen atoms in total. The van der Waals surface area contributed by atoms with E-state index in [1.54, 1.807) is 12.4 Å². The highest BCUT2D eigenvalue weighted by molar-refractivity contribution is 6.16. The van der Waals surface area contributed by atoms with Gasteiger partial charge in [-0.15, -0.1) is 0 Å². The Morgan fingerprint density at radius 3 is 3.09 bits per heavy atom. The van der Waals surface area contributed by atoms with Crippen LogP contribution in [0.2, 0.25) is 0 Å². The van der Waals surface area contributed by atoms with Crippen LogP contribution in [0.5, 0.6) is 0 Å². The van der Waals surface area contributed by atoms with E-state index in [4.69, 9.17) is 0 Å². The van der Waals surface area contributed by atoms with Crippen molar-refractivity contribution < 1.29 is 0 Å². The minimum atomic E-state index is 0.841. The first kappa shape index (κ1) is 7.98. The summed E-state index contributed by atoms with van der Waals surface area (Å²) >= 11 is 0. The van der Waals surface area contributed by atoms with E-state index in [0.29, 0.717) is 0 Å². The highest BCUT2D eigenvalue weighted by Gasteiger charge is 1.96. The second-order valence-corrected chi connectivity index (χ2v) is 2.55. The molecule has 11 heavy (non-hydrogen) atoms. The molecule has 0 aromatic carbocycles. The molecule has 0 atom stereocenters. The SMILES string of the molecule is C/C1=C\N=CC=NCCN1C. The van der Waals surface area contributed by atoms with E-state index in [-0.39, 0.29) is 0 Å². The Morgan fingerprint density at radius 2 is 2.27 bits per heavy atom. The van der Waals surface area contributed by atoms with E-state index in [2.05, 4.69) is 14.9 Å². The third-order valence-electron chi connectivity index (χ3n) is 1.69. The summed E-state index contributed by atoms with van der Waals surface area (Å²) < 4.78 is 0. The van der Waals surface area contributed by atoms with Crippen molar-refractivity contribution in [2.45, 2.75) is 6.92 Å². The lowest BCUT2D eigenvalue weighted by atomic mass is 10.4. The topological polar surface area (TPSA) is 28.0 Å². The molecule has 0 aliphatic carbocycles. The summed E-state index contributed by atoms with van der Waals surface area (Å²) in [6.45, 7) is 3.85. The van der Waals surface area contributed by atoms with Crippen molar-refractivity contribution in [2.24, 2.45) is 9.98 Å². The van der Waals surface area contributed by atoms with Crippen LogP contribution in [0.1, 0.15) is 6.92 Å². The molecule has 0 aromatic heterocycles. The van der Waals surface area contributed by atoms with Crippen LogP contribution in [-0.2, 0) is 0 Å². The molecule has 0 unspecified atom stereocenters. The van der Waals surface area contributed by atoms with Crippen molar-refractivity contribution in [1.82, 2.24) is 4.90 Å². The van der Waals surface area contributed by atoms with Gasteiger partial charge in [0.15, 0.2) is 0 Å². The number of likely N-dealkylation sites (N-methyl/N-ethyl adjacent to an activating group) is 1. The van der Waals surface area contributed by atoms with Crippen molar-refractivity contribution in [3.8, 4) is 0 Å². The molecular formula is C8H13N3. The third kappa shape index (κ3) is 2.53. The lowest BCUT2D eigenvalue weighted by molar-refractivity contribution is 0.429. The molecule has 0 saturated carbocycles. The number of nitrogens with zero attached hydrogens (tertiary/aromatic N) is 3. The van der Waals surface area contributed by atoms with Gasteiger partial charge in [0.2, 0.25) is 0 Å². The molecule has 1 aliphatic heterocycles. The Kier molecular flexibility index (Phi) is 2.83. The molecule has 1 aliphatic rings. The molecule has 0 aromatic rings. The number of hydrogen-bond donors (Lipinski definition) is 0. The Balaban J connectivity index is 2.69. The number of allylic oxidation sites excluding steroid dienone is 1. The van der Waals surface area contributed by atoms with Crippen LogP contribution in [0.4, 0.5) is 0 Å². The van der Waals surface area contributed by atoms with Crippen molar-refractivity contribution >= 4 is 12.4 Å². The van der Waals surface area contributed by atoms with Crippen LogP contribution >= 0.6 is 0 Å². The summed E-state index contributed by atoms with van der Waals surface area (Å²) in [7, 11) is 2.04. The van der Waals surface area contributed by atoms with Crippen LogP contribution in [0, 0.1) is 0 Å². The standard InChI is InChI=1S/C8H13N3/c1-8-7-10-4-3-9-5-6-11(8)2/h3-4,7H,5-6H2,1-2H3/b8-7+,9-3?,10-4?. The average Bonchev–Trinajstić information content (AvgIpc) is 2.07. The fourth-order valence-corrected chi connectivity index (χ4v) is 0.794. The lowest BCUT2D eigenvalue weighted by Gasteiger charge is -2.16. The molecule has 60 valence electrons. The molecule has 0 fully saturated rings. The Morgan fingerprint density at radius 1 is 1.45 bits per heavy atom. The van der Waals surface area contributed by atoms with Gasteiger partial charge in [-0.3, -0.25) is 9.98 Å². The van der Waals surface area contributed by atoms with Gasteiger partial charge in [0, 0.05) is 37.9 Å². The van der Waals surface area contributed by atoms with Crippen LogP contribution < -0.4 is 0 Å². The fourth-order valence-electron chi connectivity index (χ4n) is 0.794. The monoisotopic (exact) mass is 151 g/mol. The molecule has 0 bridgehead atoms. The summed E-state index contributed by atoms with van der Waals surface area (Å²) in [6, 6.07) is 0. The summed E-state index contributed by atoms with van der Waals surface area (Å²) in [4.78, 5) is 10.3. The van der Waals surface area contributed by atoms with Gasteiger partial charge >= 0.3 is 0 Å². The lowest BCUT2D eigenvalue weighted by Crippen LogP contribution is -2.19. The van der Waals surface area contributed by atoms with Crippen LogP contribution in [0.25, 0.3) is 0 Å². The quantitative estimate of drug-likeness (QED) is 0.506. The molecule has 0 saturated heterocycles. The Hall–Kier alpha value is -1.12. The summed E-state index contributed by atoms with van der Waals surface area (Å²) in [5.74, 6) is 0. The van der Waals surface area contributed by atoms with E-state index < -0.39 is 0 Å². The van der Waals surface area contributed by atoms with Gasteiger partial charge in [0.05, 0.1) is 6.54 Å². The van der Waals surface area contributed by atoms with Gasteiger partial charge < -0.3 is 4.90 Å². The van der Waals surface area contributed by atoms with E-state index in [0.717, 1.165) is 13.1 Å². The summed E-state index contributed by atoms with van der Waals surface area (Å²) in [5.41, 5.74) is 1.17. The van der Waals surface area contributed by atoms with Gasteiger partial charge in [0.25, 0.3) is 0 Å². The van der Waals surface area contributed by atoms with Gasteiger partial charge in [-0.05, 0) is 6.92 Å². The first-order valence-corrected chi connectivity index (χ1v) is 3.70. The van der Waals surface area contributed by atoms with Crippen LogP contribution in [-0.4, -0.2) is 37.5 Å². The zero-order valence-corrected chi connectivity index (χ0v) is 6.99. The first-order chi connectivity index (χ1) is 5.30. The zero-order chi connectivity index (χ0) is 8.10. The number of aliphatic imine (C=N–C) groups is 2. The molecule has 0 N–H and O–H groups in total. The Bertz CT molecular complexity index is 203. The van der Waals surface area contributed by atoms with Crippen molar-refractivity contribution in [3.63, 3.8) is 0 Å². The van der Waals surface area contributed by atoms with Gasteiger partial charge in [-0.25, -0.2) is 0 Å². The minimum absolute atomic E-state index is 0.841. The largest absolute Gasteiger partial charge is 0.375 e. The summed E-state index contributed by atoms with van der Waals surface area (Å²) in [6.07, 6.45) is 5.29. The normalized spacial score (nSPS) is 23.5.